The molecule has 3 aromatic heterocycles. The number of hydrogen-bond acceptors (Lipinski definition) is 0. The fourth-order valence-corrected chi connectivity index (χ4v) is 16.6. The Labute approximate surface area is 470 Å². The van der Waals surface area contributed by atoms with Gasteiger partial charge in [-0.05, 0) is 129 Å². The zero-order valence-corrected chi connectivity index (χ0v) is 45.1. The summed E-state index contributed by atoms with van der Waals surface area (Å²) >= 11 is 0. The Bertz CT molecular complexity index is 5370. The zero-order chi connectivity index (χ0) is 53.1. The van der Waals surface area contributed by atoms with Crippen LogP contribution >= 0.6 is 0 Å². The van der Waals surface area contributed by atoms with Crippen LogP contribution in [0.1, 0.15) is 16.7 Å². The third-order valence-electron chi connectivity index (χ3n) is 19.5. The van der Waals surface area contributed by atoms with E-state index in [2.05, 4.69) is 271 Å². The average molecular weight is 1020 g/mol. The molecule has 21 rings (SSSR count). The number of benzene rings is 12. The Morgan fingerprint density at radius 2 is 0.642 bits per heavy atom. The van der Waals surface area contributed by atoms with Gasteiger partial charge in [-0.25, -0.2) is 0 Å². The summed E-state index contributed by atoms with van der Waals surface area (Å²) in [6.07, 6.45) is 0. The van der Waals surface area contributed by atoms with Crippen LogP contribution in [0.25, 0.3) is 116 Å². The summed E-state index contributed by atoms with van der Waals surface area (Å²) in [6, 6.07) is 87.8. The summed E-state index contributed by atoms with van der Waals surface area (Å²) < 4.78 is 7.51. The number of aryl methyl sites for hydroxylation is 3. The fraction of sp³-hybridized carbons (Fsp3) is 0.0400. The highest BCUT2D eigenvalue weighted by atomic mass is 15.0. The molecule has 0 bridgehead atoms. The highest BCUT2D eigenvalue weighted by Gasteiger charge is 2.44. The molecule has 9 heterocycles. The first-order valence-electron chi connectivity index (χ1n) is 28.8. The maximum atomic E-state index is 2.51. The first kappa shape index (κ1) is 44.1. The molecule has 6 aliphatic heterocycles. The van der Waals surface area contributed by atoms with E-state index in [1.807, 2.05) is 0 Å². The van der Waals surface area contributed by atoms with E-state index in [4.69, 9.17) is 0 Å². The molecule has 15 aromatic rings. The quantitative estimate of drug-likeness (QED) is 0.135. The van der Waals surface area contributed by atoms with Crippen LogP contribution in [-0.4, -0.2) is 33.8 Å². The van der Waals surface area contributed by atoms with E-state index in [9.17, 15) is 0 Å². The Balaban J connectivity index is 0.0000000907. The number of fused-ring (bicyclic) bond motifs is 24. The molecule has 6 heteroatoms. The van der Waals surface area contributed by atoms with Gasteiger partial charge < -0.3 is 13.7 Å². The highest BCUT2D eigenvalue weighted by molar-refractivity contribution is 7.03. The molecule has 81 heavy (non-hydrogen) atoms. The van der Waals surface area contributed by atoms with Crippen molar-refractivity contribution in [1.29, 1.82) is 0 Å². The molecule has 0 saturated carbocycles. The Kier molecular flexibility index (Phi) is 8.58. The van der Waals surface area contributed by atoms with Crippen LogP contribution in [0.5, 0.6) is 0 Å². The van der Waals surface area contributed by atoms with Crippen molar-refractivity contribution < 1.29 is 0 Å². The minimum atomic E-state index is 0.339. The van der Waals surface area contributed by atoms with Gasteiger partial charge in [0.25, 0.3) is 0 Å². The highest BCUT2D eigenvalue weighted by Crippen LogP contribution is 2.41. The van der Waals surface area contributed by atoms with Gasteiger partial charge in [0.05, 0.1) is 16.6 Å². The summed E-state index contributed by atoms with van der Waals surface area (Å²) in [7, 11) is 0. The number of aromatic nitrogens is 3. The summed E-state index contributed by atoms with van der Waals surface area (Å²) in [5.41, 5.74) is 37.8. The molecule has 3 nitrogen and oxygen atoms in total. The summed E-state index contributed by atoms with van der Waals surface area (Å²) in [5.74, 6) is 0. The molecule has 0 N–H and O–H groups in total. The van der Waals surface area contributed by atoms with Crippen LogP contribution < -0.4 is 49.2 Å². The van der Waals surface area contributed by atoms with Crippen molar-refractivity contribution in [3.05, 3.63) is 253 Å². The first-order valence-corrected chi connectivity index (χ1v) is 28.8. The van der Waals surface area contributed by atoms with E-state index in [0.29, 0.717) is 20.1 Å². The molecule has 0 saturated heterocycles. The summed E-state index contributed by atoms with van der Waals surface area (Å²) in [6.45, 7) is 7.78. The lowest BCUT2D eigenvalue weighted by atomic mass is 9.37. The first-order chi connectivity index (χ1) is 40.0. The lowest BCUT2D eigenvalue weighted by Crippen LogP contribution is -2.54. The molecule has 372 valence electrons. The second-order valence-electron chi connectivity index (χ2n) is 23.5. The molecule has 0 radical (unpaired) electrons. The second kappa shape index (κ2) is 15.7. The monoisotopic (exact) mass is 1020 g/mol. The standard InChI is InChI=1S/3C25H16BN/c1-15-13-19-17-8-3-5-11-22(17)27-23-12-6-9-18-16-7-2-4-10-20(16)26(24(18)23)21(14-15)25(19)27;1-15-13-14-19-17-8-3-5-11-21(17)27-22-12-6-9-18-16-7-2-4-10-20(16)26(24(18)22)23(15)25(19)27;1-15-7-4-9-17-18-10-6-14-22-24(18)26(23(15)17)20-12-5-11-19-16-8-2-3-13-21(16)27(22)25(19)20/h3*2-14H,1H3. The van der Waals surface area contributed by atoms with Gasteiger partial charge in [-0.15, -0.1) is 0 Å². The van der Waals surface area contributed by atoms with Crippen LogP contribution in [-0.2, 0) is 0 Å². The predicted octanol–water partition coefficient (Wildman–Crippen LogP) is 11.7. The van der Waals surface area contributed by atoms with Crippen LogP contribution in [0.3, 0.4) is 0 Å². The molecule has 0 spiro atoms. The largest absolute Gasteiger partial charge is 0.310 e. The van der Waals surface area contributed by atoms with Crippen LogP contribution in [0.4, 0.5) is 0 Å². The van der Waals surface area contributed by atoms with E-state index in [1.165, 1.54) is 182 Å². The average Bonchev–Trinajstić information content (AvgIpc) is 4.44. The fourth-order valence-electron chi connectivity index (χ4n) is 16.6. The van der Waals surface area contributed by atoms with E-state index < -0.39 is 0 Å². The number of para-hydroxylation sites is 4. The predicted molar refractivity (Wildman–Crippen MR) is 347 cm³/mol. The number of nitrogens with zero attached hydrogens (tertiary/aromatic N) is 3. The van der Waals surface area contributed by atoms with Gasteiger partial charge in [-0.3, -0.25) is 0 Å². The Morgan fingerprint density at radius 3 is 1.26 bits per heavy atom. The van der Waals surface area contributed by atoms with Gasteiger partial charge in [0.2, 0.25) is 20.1 Å². The second-order valence-corrected chi connectivity index (χ2v) is 23.5. The molecular formula is C75H48B3N3. The Hall–Kier alpha value is -9.77. The lowest BCUT2D eigenvalue weighted by Gasteiger charge is -2.26. The maximum Gasteiger partial charge on any atom is 0.248 e. The molecule has 0 aliphatic carbocycles. The number of rotatable bonds is 0. The normalized spacial score (nSPS) is 13.3. The van der Waals surface area contributed by atoms with E-state index in [1.54, 1.807) is 0 Å². The Morgan fingerprint density at radius 1 is 0.247 bits per heavy atom. The topological polar surface area (TPSA) is 14.8 Å². The van der Waals surface area contributed by atoms with Crippen molar-refractivity contribution in [2.75, 3.05) is 0 Å². The SMILES string of the molecule is Cc1cc2c3c(c1)c1ccccc1n3-c1cccc3c1B2c1ccccc1-3.Cc1ccc2c3ccccc3n3c2c1B1c2ccccc2-c2cccc-3c21.Cc1cccc2c1B1c3c-2cccc3-n2c3ccccc3c3cccc1c32. The molecular weight excluding hydrogens is 975 g/mol. The van der Waals surface area contributed by atoms with E-state index in [0.717, 1.165) is 0 Å². The molecule has 0 fully saturated rings. The van der Waals surface area contributed by atoms with Crippen molar-refractivity contribution in [1.82, 2.24) is 13.7 Å². The van der Waals surface area contributed by atoms with Crippen LogP contribution in [0, 0.1) is 20.8 Å². The third-order valence-corrected chi connectivity index (χ3v) is 19.5. The van der Waals surface area contributed by atoms with Crippen LogP contribution in [0.2, 0.25) is 0 Å². The van der Waals surface area contributed by atoms with Gasteiger partial charge in [-0.2, -0.15) is 0 Å². The van der Waals surface area contributed by atoms with Crippen LogP contribution in [0.15, 0.2) is 237 Å². The molecule has 0 amide bonds. The van der Waals surface area contributed by atoms with E-state index in [-0.39, 0.29) is 0 Å². The van der Waals surface area contributed by atoms with Gasteiger partial charge in [0.1, 0.15) is 0 Å². The van der Waals surface area contributed by atoms with E-state index >= 15 is 0 Å². The summed E-state index contributed by atoms with van der Waals surface area (Å²) in [4.78, 5) is 0. The van der Waals surface area contributed by atoms with Gasteiger partial charge in [-0.1, -0.05) is 227 Å². The smallest absolute Gasteiger partial charge is 0.248 e. The third kappa shape index (κ3) is 5.48. The van der Waals surface area contributed by atoms with Crippen molar-refractivity contribution in [2.24, 2.45) is 0 Å². The molecule has 12 aromatic carbocycles. The van der Waals surface area contributed by atoms with Crippen molar-refractivity contribution in [3.63, 3.8) is 0 Å². The van der Waals surface area contributed by atoms with Crippen molar-refractivity contribution >= 4 is 135 Å². The molecule has 6 aliphatic rings. The van der Waals surface area contributed by atoms with Crippen molar-refractivity contribution in [3.8, 4) is 50.4 Å². The summed E-state index contributed by atoms with van der Waals surface area (Å²) in [5, 5.41) is 8.15. The van der Waals surface area contributed by atoms with Crippen molar-refractivity contribution in [2.45, 2.75) is 20.8 Å². The van der Waals surface area contributed by atoms with Gasteiger partial charge in [0.15, 0.2) is 0 Å². The zero-order valence-electron chi connectivity index (χ0n) is 45.1. The minimum Gasteiger partial charge on any atom is -0.310 e. The number of hydrogen-bond donors (Lipinski definition) is 0. The maximum absolute atomic E-state index is 2.51. The van der Waals surface area contributed by atoms with Gasteiger partial charge in [0, 0.05) is 65.9 Å². The van der Waals surface area contributed by atoms with Gasteiger partial charge >= 0.3 is 0 Å². The molecule has 0 atom stereocenters. The minimum absolute atomic E-state index is 0.339. The lowest BCUT2D eigenvalue weighted by molar-refractivity contribution is 1.19. The molecule has 0 unspecified atom stereocenters.